The van der Waals surface area contributed by atoms with E-state index in [1.165, 1.54) is 24.0 Å². The summed E-state index contributed by atoms with van der Waals surface area (Å²) < 4.78 is 10.9. The van der Waals surface area contributed by atoms with E-state index < -0.39 is 0 Å². The molecule has 7 nitrogen and oxygen atoms in total. The fraction of sp³-hybridized carbons (Fsp3) is 0.500. The summed E-state index contributed by atoms with van der Waals surface area (Å²) in [6.45, 7) is 2.18. The largest absolute Gasteiger partial charge is 0.493 e. The summed E-state index contributed by atoms with van der Waals surface area (Å²) in [5.41, 5.74) is 3.62. The predicted octanol–water partition coefficient (Wildman–Crippen LogP) is 2.34. The lowest BCUT2D eigenvalue weighted by Crippen LogP contribution is -2.31. The molecule has 0 radical (unpaired) electrons. The highest BCUT2D eigenvalue weighted by molar-refractivity contribution is 5.53. The van der Waals surface area contributed by atoms with Gasteiger partial charge in [-0.3, -0.25) is 0 Å². The van der Waals surface area contributed by atoms with Gasteiger partial charge in [0.15, 0.2) is 11.5 Å². The number of aliphatic hydroxyl groups excluding tert-OH is 1. The standard InChI is InChI=1S/C20H26N4O3/c1-26-17-9-14-5-7-24(12-15(14)10-18(17)27-2)19-11-16(13-3-4-13)22-20(23-19)21-6-8-25/h9-11,13,25H,3-8,12H2,1-2H3,(H,21,22,23). The van der Waals surface area contributed by atoms with Crippen molar-refractivity contribution in [1.82, 2.24) is 9.97 Å². The number of ether oxygens (including phenoxy) is 2. The molecule has 1 saturated carbocycles. The number of nitrogens with one attached hydrogen (secondary N) is 1. The number of aliphatic hydroxyl groups is 1. The zero-order chi connectivity index (χ0) is 18.8. The van der Waals surface area contributed by atoms with Crippen molar-refractivity contribution in [2.24, 2.45) is 0 Å². The first-order valence-electron chi connectivity index (χ1n) is 9.44. The van der Waals surface area contributed by atoms with Crippen LogP contribution in [0.1, 0.15) is 35.6 Å². The van der Waals surface area contributed by atoms with Crippen LogP contribution >= 0.6 is 0 Å². The molecule has 2 N–H and O–H groups in total. The Bertz CT molecular complexity index is 823. The maximum absolute atomic E-state index is 9.09. The molecule has 4 rings (SSSR count). The van der Waals surface area contributed by atoms with Gasteiger partial charge in [0.05, 0.1) is 26.5 Å². The Morgan fingerprint density at radius 2 is 1.85 bits per heavy atom. The van der Waals surface area contributed by atoms with Crippen LogP contribution in [0.5, 0.6) is 11.5 Å². The second kappa shape index (κ2) is 7.60. The second-order valence-electron chi connectivity index (χ2n) is 7.05. The molecule has 0 spiro atoms. The monoisotopic (exact) mass is 370 g/mol. The molecule has 0 unspecified atom stereocenters. The number of aromatic nitrogens is 2. The quantitative estimate of drug-likeness (QED) is 0.774. The highest BCUT2D eigenvalue weighted by atomic mass is 16.5. The average Bonchev–Trinajstić information content (AvgIpc) is 3.56. The summed E-state index contributed by atoms with van der Waals surface area (Å²) in [6.07, 6.45) is 3.31. The van der Waals surface area contributed by atoms with E-state index in [0.29, 0.717) is 18.4 Å². The Morgan fingerprint density at radius 3 is 2.52 bits per heavy atom. The van der Waals surface area contributed by atoms with E-state index in [2.05, 4.69) is 33.4 Å². The fourth-order valence-corrected chi connectivity index (χ4v) is 3.53. The number of methoxy groups -OCH3 is 2. The summed E-state index contributed by atoms with van der Waals surface area (Å²) in [5, 5.41) is 12.2. The van der Waals surface area contributed by atoms with Gasteiger partial charge in [0.25, 0.3) is 0 Å². The molecule has 2 aliphatic rings. The van der Waals surface area contributed by atoms with Gasteiger partial charge in [-0.1, -0.05) is 0 Å². The van der Waals surface area contributed by atoms with Crippen LogP contribution in [0.3, 0.4) is 0 Å². The first kappa shape index (κ1) is 17.9. The van der Waals surface area contributed by atoms with Crippen LogP contribution in [-0.4, -0.2) is 49.0 Å². The molecule has 1 aliphatic carbocycles. The van der Waals surface area contributed by atoms with E-state index in [9.17, 15) is 0 Å². The molecule has 2 heterocycles. The van der Waals surface area contributed by atoms with Crippen LogP contribution in [0, 0.1) is 0 Å². The van der Waals surface area contributed by atoms with Crippen LogP contribution in [0.25, 0.3) is 0 Å². The van der Waals surface area contributed by atoms with Crippen LogP contribution in [0.2, 0.25) is 0 Å². The van der Waals surface area contributed by atoms with Crippen molar-refractivity contribution >= 4 is 11.8 Å². The number of hydrogen-bond acceptors (Lipinski definition) is 7. The van der Waals surface area contributed by atoms with Gasteiger partial charge in [-0.15, -0.1) is 0 Å². The van der Waals surface area contributed by atoms with Crippen LogP contribution in [0.4, 0.5) is 11.8 Å². The molecule has 1 aromatic heterocycles. The highest BCUT2D eigenvalue weighted by Gasteiger charge is 2.28. The van der Waals surface area contributed by atoms with E-state index in [0.717, 1.165) is 42.5 Å². The van der Waals surface area contributed by atoms with Gasteiger partial charge in [0.2, 0.25) is 5.95 Å². The molecular formula is C20H26N4O3. The summed E-state index contributed by atoms with van der Waals surface area (Å²) in [6, 6.07) is 6.26. The van der Waals surface area contributed by atoms with Gasteiger partial charge < -0.3 is 24.8 Å². The lowest BCUT2D eigenvalue weighted by Gasteiger charge is -2.31. The van der Waals surface area contributed by atoms with E-state index in [1.807, 2.05) is 0 Å². The van der Waals surface area contributed by atoms with Crippen LogP contribution in [-0.2, 0) is 13.0 Å². The lowest BCUT2D eigenvalue weighted by atomic mass is 9.98. The predicted molar refractivity (Wildman–Crippen MR) is 104 cm³/mol. The molecule has 1 aliphatic heterocycles. The normalized spacial score (nSPS) is 16.0. The van der Waals surface area contributed by atoms with Gasteiger partial charge in [-0.05, 0) is 42.5 Å². The van der Waals surface area contributed by atoms with Crippen molar-refractivity contribution < 1.29 is 14.6 Å². The molecule has 1 fully saturated rings. The third-order valence-corrected chi connectivity index (χ3v) is 5.17. The van der Waals surface area contributed by atoms with E-state index in [1.54, 1.807) is 14.2 Å². The van der Waals surface area contributed by atoms with Gasteiger partial charge in [-0.25, -0.2) is 4.98 Å². The molecule has 144 valence electrons. The van der Waals surface area contributed by atoms with E-state index in [4.69, 9.17) is 19.6 Å². The number of anilines is 2. The highest BCUT2D eigenvalue weighted by Crippen LogP contribution is 2.41. The Balaban J connectivity index is 1.62. The lowest BCUT2D eigenvalue weighted by molar-refractivity contribution is 0.311. The van der Waals surface area contributed by atoms with Gasteiger partial charge in [-0.2, -0.15) is 4.98 Å². The minimum atomic E-state index is 0.0606. The molecule has 7 heteroatoms. The third-order valence-electron chi connectivity index (χ3n) is 5.17. The second-order valence-corrected chi connectivity index (χ2v) is 7.05. The topological polar surface area (TPSA) is 79.7 Å². The minimum absolute atomic E-state index is 0.0606. The molecule has 0 amide bonds. The van der Waals surface area contributed by atoms with Crippen molar-refractivity contribution in [3.63, 3.8) is 0 Å². The summed E-state index contributed by atoms with van der Waals surface area (Å²) in [5.74, 6) is 3.61. The van der Waals surface area contributed by atoms with Crippen molar-refractivity contribution in [2.75, 3.05) is 44.1 Å². The van der Waals surface area contributed by atoms with Crippen molar-refractivity contribution in [1.29, 1.82) is 0 Å². The number of benzene rings is 1. The van der Waals surface area contributed by atoms with E-state index >= 15 is 0 Å². The SMILES string of the molecule is COc1cc2c(cc1OC)CN(c1cc(C3CC3)nc(NCCO)n1)CC2. The van der Waals surface area contributed by atoms with Crippen LogP contribution in [0.15, 0.2) is 18.2 Å². The molecule has 0 bridgehead atoms. The molecule has 1 aromatic carbocycles. The van der Waals surface area contributed by atoms with Crippen molar-refractivity contribution in [3.05, 3.63) is 35.0 Å². The van der Waals surface area contributed by atoms with Gasteiger partial charge in [0.1, 0.15) is 5.82 Å². The Labute approximate surface area is 159 Å². The van der Waals surface area contributed by atoms with E-state index in [-0.39, 0.29) is 6.61 Å². The van der Waals surface area contributed by atoms with Crippen LogP contribution < -0.4 is 19.7 Å². The maximum Gasteiger partial charge on any atom is 0.224 e. The number of nitrogens with zero attached hydrogens (tertiary/aromatic N) is 3. The van der Waals surface area contributed by atoms with Crippen molar-refractivity contribution in [2.45, 2.75) is 31.7 Å². The molecule has 0 saturated heterocycles. The fourth-order valence-electron chi connectivity index (χ4n) is 3.53. The summed E-state index contributed by atoms with van der Waals surface area (Å²) in [4.78, 5) is 11.6. The first-order chi connectivity index (χ1) is 13.2. The molecule has 2 aromatic rings. The van der Waals surface area contributed by atoms with Crippen molar-refractivity contribution in [3.8, 4) is 11.5 Å². The Hall–Kier alpha value is -2.54. The molecule has 27 heavy (non-hydrogen) atoms. The Morgan fingerprint density at radius 1 is 1.11 bits per heavy atom. The number of rotatable bonds is 7. The molecule has 0 atom stereocenters. The average molecular weight is 370 g/mol. The zero-order valence-corrected chi connectivity index (χ0v) is 15.9. The third kappa shape index (κ3) is 3.78. The minimum Gasteiger partial charge on any atom is -0.493 e. The first-order valence-corrected chi connectivity index (χ1v) is 9.44. The number of hydrogen-bond donors (Lipinski definition) is 2. The Kier molecular flexibility index (Phi) is 5.03. The maximum atomic E-state index is 9.09. The number of fused-ring (bicyclic) bond motifs is 1. The van der Waals surface area contributed by atoms with Gasteiger partial charge >= 0.3 is 0 Å². The van der Waals surface area contributed by atoms with Gasteiger partial charge in [0, 0.05) is 31.6 Å². The molecular weight excluding hydrogens is 344 g/mol. The smallest absolute Gasteiger partial charge is 0.224 e. The summed E-state index contributed by atoms with van der Waals surface area (Å²) in [7, 11) is 3.33. The summed E-state index contributed by atoms with van der Waals surface area (Å²) >= 11 is 0. The zero-order valence-electron chi connectivity index (χ0n) is 15.9.